The van der Waals surface area contributed by atoms with E-state index in [1.807, 2.05) is 50.2 Å². The Hall–Kier alpha value is -3.46. The molecule has 1 aliphatic rings. The number of imidazole rings is 1. The van der Waals surface area contributed by atoms with Gasteiger partial charge in [0.1, 0.15) is 24.1 Å². The maximum atomic E-state index is 12.6. The summed E-state index contributed by atoms with van der Waals surface area (Å²) in [5, 5.41) is 24.8. The fourth-order valence-corrected chi connectivity index (χ4v) is 6.63. The van der Waals surface area contributed by atoms with Crippen molar-refractivity contribution < 1.29 is 28.1 Å². The number of benzene rings is 2. The molecule has 0 amide bonds. The van der Waals surface area contributed by atoms with E-state index in [0.717, 1.165) is 11.1 Å². The molecule has 1 fully saturated rings. The molecule has 12 nitrogen and oxygen atoms in total. The fourth-order valence-electron chi connectivity index (χ4n) is 5.28. The minimum atomic E-state index is -3.57. The van der Waals surface area contributed by atoms with E-state index >= 15 is 0 Å². The van der Waals surface area contributed by atoms with E-state index in [2.05, 4.69) is 49.3 Å². The highest BCUT2D eigenvalue weighted by molar-refractivity contribution is 7.89. The van der Waals surface area contributed by atoms with Crippen molar-refractivity contribution in [3.8, 4) is 0 Å². The fraction of sp³-hybridized carbons (Fsp3) is 0.433. The summed E-state index contributed by atoms with van der Waals surface area (Å²) >= 11 is 0. The van der Waals surface area contributed by atoms with E-state index < -0.39 is 34.6 Å². The van der Waals surface area contributed by atoms with Gasteiger partial charge in [-0.3, -0.25) is 4.57 Å². The summed E-state index contributed by atoms with van der Waals surface area (Å²) in [6.45, 7) is 4.07. The number of nitrogens with one attached hydrogen (secondary N) is 2. The lowest BCUT2D eigenvalue weighted by Crippen LogP contribution is -2.33. The van der Waals surface area contributed by atoms with Crippen molar-refractivity contribution in [2.75, 3.05) is 31.3 Å². The quantitative estimate of drug-likeness (QED) is 0.177. The largest absolute Gasteiger partial charge is 0.387 e. The van der Waals surface area contributed by atoms with Gasteiger partial charge in [-0.1, -0.05) is 74.5 Å². The summed E-state index contributed by atoms with van der Waals surface area (Å²) in [4.78, 5) is 13.8. The van der Waals surface area contributed by atoms with Crippen molar-refractivity contribution in [3.63, 3.8) is 0 Å². The van der Waals surface area contributed by atoms with Crippen molar-refractivity contribution in [2.45, 2.75) is 50.8 Å². The van der Waals surface area contributed by atoms with Crippen LogP contribution in [0.25, 0.3) is 11.2 Å². The van der Waals surface area contributed by atoms with Crippen LogP contribution in [0, 0.1) is 5.92 Å². The molecule has 230 valence electrons. The van der Waals surface area contributed by atoms with Gasteiger partial charge in [-0.2, -0.15) is 0 Å². The molecule has 0 bridgehead atoms. The molecule has 3 heterocycles. The van der Waals surface area contributed by atoms with Crippen LogP contribution in [0.5, 0.6) is 0 Å². The van der Waals surface area contributed by atoms with Crippen LogP contribution in [0.4, 0.5) is 5.82 Å². The first-order valence-electron chi connectivity index (χ1n) is 14.2. The maximum Gasteiger partial charge on any atom is 0.212 e. The second-order valence-corrected chi connectivity index (χ2v) is 12.9. The van der Waals surface area contributed by atoms with E-state index in [4.69, 9.17) is 9.47 Å². The lowest BCUT2D eigenvalue weighted by molar-refractivity contribution is -0.0580. The van der Waals surface area contributed by atoms with Crippen LogP contribution in [-0.2, 0) is 26.0 Å². The summed E-state index contributed by atoms with van der Waals surface area (Å²) in [6, 6.07) is 20.2. The predicted octanol–water partition coefficient (Wildman–Crippen LogP) is 2.41. The SMILES string of the molecule is COC[C@H]1OC(n2cnc3c(NCC(c4ccccc4)c4ccccc4)nc(CNS(=O)(=O)CC(C)C)nc32)[C@H](O)[C@@H]1O. The van der Waals surface area contributed by atoms with Crippen LogP contribution in [0.1, 0.15) is 42.9 Å². The van der Waals surface area contributed by atoms with Gasteiger partial charge in [0.2, 0.25) is 10.0 Å². The highest BCUT2D eigenvalue weighted by Crippen LogP contribution is 2.33. The molecular weight excluding hydrogens is 572 g/mol. The average molecular weight is 611 g/mol. The Morgan fingerprint density at radius 3 is 2.26 bits per heavy atom. The van der Waals surface area contributed by atoms with Crippen molar-refractivity contribution in [1.29, 1.82) is 0 Å². The van der Waals surface area contributed by atoms with Crippen LogP contribution >= 0.6 is 0 Å². The molecule has 0 radical (unpaired) electrons. The summed E-state index contributed by atoms with van der Waals surface area (Å²) < 4.78 is 40.4. The standard InChI is InChI=1S/C30H38N6O6S/c1-19(2)17-43(39,40)33-15-24-34-28(31-14-22(20-10-6-4-7-11-20)21-12-8-5-9-13-21)25-29(35-24)36(18-32-25)30-27(38)26(37)23(42-30)16-41-3/h4-13,18-19,22-23,26-27,30,33,37-38H,14-17H2,1-3H3,(H,31,34,35)/t23-,26-,27-,30?/m1/s1. The van der Waals surface area contributed by atoms with Gasteiger partial charge in [0.25, 0.3) is 0 Å². The van der Waals surface area contributed by atoms with Crippen molar-refractivity contribution in [1.82, 2.24) is 24.2 Å². The second-order valence-electron chi connectivity index (χ2n) is 11.1. The summed E-state index contributed by atoms with van der Waals surface area (Å²) in [6.07, 6.45) is -2.71. The first-order chi connectivity index (χ1) is 20.7. The van der Waals surface area contributed by atoms with Gasteiger partial charge in [0.15, 0.2) is 23.2 Å². The average Bonchev–Trinajstić information content (AvgIpc) is 3.53. The van der Waals surface area contributed by atoms with Gasteiger partial charge in [0, 0.05) is 19.6 Å². The predicted molar refractivity (Wildman–Crippen MR) is 162 cm³/mol. The number of methoxy groups -OCH3 is 1. The summed E-state index contributed by atoms with van der Waals surface area (Å²) in [5.74, 6) is 0.503. The highest BCUT2D eigenvalue weighted by Gasteiger charge is 2.44. The van der Waals surface area contributed by atoms with Crippen LogP contribution in [0.2, 0.25) is 0 Å². The third-order valence-corrected chi connectivity index (χ3v) is 8.98. The second kappa shape index (κ2) is 13.5. The molecule has 4 aromatic rings. The molecular formula is C30H38N6O6S. The highest BCUT2D eigenvalue weighted by atomic mass is 32.2. The number of sulfonamides is 1. The smallest absolute Gasteiger partial charge is 0.212 e. The zero-order chi connectivity index (χ0) is 30.6. The number of aliphatic hydroxyl groups is 2. The minimum absolute atomic E-state index is 0.0209. The van der Waals surface area contributed by atoms with Crippen LogP contribution < -0.4 is 10.0 Å². The number of rotatable bonds is 13. The Morgan fingerprint density at radius 2 is 1.65 bits per heavy atom. The van der Waals surface area contributed by atoms with Gasteiger partial charge < -0.3 is 25.0 Å². The minimum Gasteiger partial charge on any atom is -0.387 e. The van der Waals surface area contributed by atoms with Crippen molar-refractivity contribution in [3.05, 3.63) is 83.9 Å². The molecule has 5 rings (SSSR count). The molecule has 0 saturated carbocycles. The molecule has 4 atom stereocenters. The molecule has 1 unspecified atom stereocenters. The number of ether oxygens (including phenoxy) is 2. The molecule has 2 aromatic heterocycles. The Kier molecular flexibility index (Phi) is 9.69. The normalized spacial score (nSPS) is 20.8. The number of hydrogen-bond donors (Lipinski definition) is 4. The van der Waals surface area contributed by atoms with E-state index in [1.54, 1.807) is 0 Å². The van der Waals surface area contributed by atoms with Gasteiger partial charge in [-0.05, 0) is 17.0 Å². The Labute approximate surface area is 251 Å². The number of anilines is 1. The number of aliphatic hydroxyl groups excluding tert-OH is 2. The third kappa shape index (κ3) is 7.20. The Balaban J connectivity index is 1.51. The topological polar surface area (TPSA) is 161 Å². The number of fused-ring (bicyclic) bond motifs is 1. The van der Waals surface area contributed by atoms with Crippen molar-refractivity contribution >= 4 is 27.0 Å². The number of aromatic nitrogens is 4. The molecule has 1 saturated heterocycles. The Bertz CT molecular complexity index is 1560. The van der Waals surface area contributed by atoms with Crippen LogP contribution in [0.3, 0.4) is 0 Å². The third-order valence-electron chi connectivity index (χ3n) is 7.29. The number of hydrogen-bond acceptors (Lipinski definition) is 10. The maximum absolute atomic E-state index is 12.6. The van der Waals surface area contributed by atoms with Gasteiger partial charge >= 0.3 is 0 Å². The molecule has 2 aromatic carbocycles. The summed E-state index contributed by atoms with van der Waals surface area (Å²) in [7, 11) is -2.09. The van der Waals surface area contributed by atoms with Gasteiger partial charge in [0.05, 0.1) is 25.2 Å². The first kappa shape index (κ1) is 31.0. The molecule has 43 heavy (non-hydrogen) atoms. The lowest BCUT2D eigenvalue weighted by atomic mass is 9.91. The van der Waals surface area contributed by atoms with Gasteiger partial charge in [-0.15, -0.1) is 0 Å². The van der Waals surface area contributed by atoms with E-state index in [1.165, 1.54) is 18.0 Å². The zero-order valence-electron chi connectivity index (χ0n) is 24.4. The molecule has 1 aliphatic heterocycles. The summed E-state index contributed by atoms with van der Waals surface area (Å²) in [5.41, 5.74) is 2.95. The molecule has 13 heteroatoms. The first-order valence-corrected chi connectivity index (χ1v) is 15.9. The van der Waals surface area contributed by atoms with E-state index in [0.29, 0.717) is 23.5 Å². The van der Waals surface area contributed by atoms with Crippen LogP contribution in [-0.4, -0.2) is 82.5 Å². The molecule has 0 aliphatic carbocycles. The molecule has 0 spiro atoms. The van der Waals surface area contributed by atoms with Crippen molar-refractivity contribution in [2.24, 2.45) is 5.92 Å². The van der Waals surface area contributed by atoms with Gasteiger partial charge in [-0.25, -0.2) is 28.1 Å². The van der Waals surface area contributed by atoms with Crippen LogP contribution in [0.15, 0.2) is 67.0 Å². The molecule has 4 N–H and O–H groups in total. The van der Waals surface area contributed by atoms with E-state index in [-0.39, 0.29) is 36.6 Å². The van der Waals surface area contributed by atoms with E-state index in [9.17, 15) is 18.6 Å². The zero-order valence-corrected chi connectivity index (χ0v) is 25.2. The monoisotopic (exact) mass is 610 g/mol. The Morgan fingerprint density at radius 1 is 1.00 bits per heavy atom. The number of nitrogens with zero attached hydrogens (tertiary/aromatic N) is 4. The lowest BCUT2D eigenvalue weighted by Gasteiger charge is -2.20.